The van der Waals surface area contributed by atoms with Crippen molar-refractivity contribution < 1.29 is 14.3 Å². The van der Waals surface area contributed by atoms with Crippen LogP contribution in [-0.2, 0) is 9.59 Å². The minimum atomic E-state index is -0.257. The van der Waals surface area contributed by atoms with E-state index in [0.717, 1.165) is 54.0 Å². The van der Waals surface area contributed by atoms with Gasteiger partial charge in [-0.2, -0.15) is 0 Å². The topological polar surface area (TPSA) is 55.7 Å². The molecular weight excluding hydrogens is 302 g/mol. The normalized spacial score (nSPS) is 26.6. The van der Waals surface area contributed by atoms with Crippen LogP contribution in [0.15, 0.2) is 40.5 Å². The number of rotatable bonds is 2. The van der Waals surface area contributed by atoms with Crippen LogP contribution in [0, 0.1) is 5.92 Å². The van der Waals surface area contributed by atoms with E-state index in [1.54, 1.807) is 7.11 Å². The molecule has 4 rings (SSSR count). The molecule has 4 nitrogen and oxygen atoms in total. The standard InChI is InChI=1S/C20H21NO3/c1-24-13-10-8-12(9-11-13)18-19-14(4-2-6-16(19)22)21-15-5-3-7-17(23)20(15)18/h8-11,18-19H,2-7H2,1H3/t18-,19?/m1/s1. The zero-order chi connectivity index (χ0) is 16.7. The Morgan fingerprint density at radius 1 is 0.958 bits per heavy atom. The highest BCUT2D eigenvalue weighted by Gasteiger charge is 2.44. The molecule has 1 aromatic carbocycles. The summed E-state index contributed by atoms with van der Waals surface area (Å²) in [6, 6.07) is 7.78. The van der Waals surface area contributed by atoms with E-state index in [1.807, 2.05) is 24.3 Å². The molecule has 1 heterocycles. The van der Waals surface area contributed by atoms with Crippen molar-refractivity contribution in [3.05, 3.63) is 41.1 Å². The summed E-state index contributed by atoms with van der Waals surface area (Å²) in [6.07, 6.45) is 4.61. The lowest BCUT2D eigenvalue weighted by Gasteiger charge is -2.37. The lowest BCUT2D eigenvalue weighted by Crippen LogP contribution is -2.39. The number of carbonyl (C=O) groups is 2. The van der Waals surface area contributed by atoms with Crippen molar-refractivity contribution in [1.29, 1.82) is 0 Å². The van der Waals surface area contributed by atoms with Gasteiger partial charge in [-0.25, -0.2) is 0 Å². The van der Waals surface area contributed by atoms with E-state index in [4.69, 9.17) is 9.73 Å². The van der Waals surface area contributed by atoms with Gasteiger partial charge in [0.05, 0.1) is 13.0 Å². The van der Waals surface area contributed by atoms with E-state index in [-0.39, 0.29) is 23.4 Å². The Bertz CT molecular complexity index is 758. The van der Waals surface area contributed by atoms with Crippen molar-refractivity contribution in [1.82, 2.24) is 0 Å². The fraction of sp³-hybridized carbons (Fsp3) is 0.450. The molecule has 2 atom stereocenters. The maximum Gasteiger partial charge on any atom is 0.161 e. The molecule has 1 aromatic rings. The SMILES string of the molecule is COc1ccc([C@H]2C3=C(CCCC3=O)N=C3CCCC(=O)C32)cc1. The molecular formula is C20H21NO3. The maximum atomic E-state index is 12.7. The van der Waals surface area contributed by atoms with Crippen LogP contribution in [0.3, 0.4) is 0 Å². The number of aliphatic imine (C=N–C) groups is 1. The molecule has 4 heteroatoms. The molecule has 1 aliphatic heterocycles. The van der Waals surface area contributed by atoms with E-state index in [0.29, 0.717) is 12.8 Å². The second-order valence-electron chi connectivity index (χ2n) is 6.79. The third-order valence-corrected chi connectivity index (χ3v) is 5.39. The van der Waals surface area contributed by atoms with Gasteiger partial charge >= 0.3 is 0 Å². The minimum Gasteiger partial charge on any atom is -0.497 e. The average molecular weight is 323 g/mol. The number of carbonyl (C=O) groups excluding carboxylic acids is 2. The van der Waals surface area contributed by atoms with E-state index in [2.05, 4.69) is 0 Å². The molecule has 0 radical (unpaired) electrons. The van der Waals surface area contributed by atoms with Crippen LogP contribution in [0.25, 0.3) is 0 Å². The number of ketones is 2. The molecule has 0 spiro atoms. The van der Waals surface area contributed by atoms with E-state index < -0.39 is 0 Å². The first kappa shape index (κ1) is 15.3. The van der Waals surface area contributed by atoms with Gasteiger partial charge in [-0.1, -0.05) is 12.1 Å². The Hall–Kier alpha value is -2.23. The molecule has 24 heavy (non-hydrogen) atoms. The van der Waals surface area contributed by atoms with Crippen LogP contribution >= 0.6 is 0 Å². The van der Waals surface area contributed by atoms with Gasteiger partial charge in [0.25, 0.3) is 0 Å². The van der Waals surface area contributed by atoms with Crippen LogP contribution < -0.4 is 4.74 Å². The van der Waals surface area contributed by atoms with Crippen molar-refractivity contribution in [2.45, 2.75) is 44.4 Å². The second kappa shape index (κ2) is 6.00. The second-order valence-corrected chi connectivity index (χ2v) is 6.79. The largest absolute Gasteiger partial charge is 0.497 e. The quantitative estimate of drug-likeness (QED) is 0.835. The Morgan fingerprint density at radius 3 is 2.46 bits per heavy atom. The Morgan fingerprint density at radius 2 is 1.71 bits per heavy atom. The monoisotopic (exact) mass is 323 g/mol. The smallest absolute Gasteiger partial charge is 0.161 e. The molecule has 0 saturated heterocycles. The lowest BCUT2D eigenvalue weighted by atomic mass is 9.67. The van der Waals surface area contributed by atoms with Gasteiger partial charge in [-0.05, 0) is 43.4 Å². The van der Waals surface area contributed by atoms with Crippen LogP contribution in [-0.4, -0.2) is 24.4 Å². The number of ether oxygens (including phenoxy) is 1. The Labute approximate surface area is 141 Å². The van der Waals surface area contributed by atoms with Gasteiger partial charge in [0.2, 0.25) is 0 Å². The number of nitrogens with zero attached hydrogens (tertiary/aromatic N) is 1. The summed E-state index contributed by atoms with van der Waals surface area (Å²) in [4.78, 5) is 30.1. The molecule has 1 unspecified atom stereocenters. The fourth-order valence-corrected chi connectivity index (χ4v) is 4.27. The molecule has 0 bridgehead atoms. The summed E-state index contributed by atoms with van der Waals surface area (Å²) in [5.41, 5.74) is 3.72. The van der Waals surface area contributed by atoms with Gasteiger partial charge in [0.1, 0.15) is 11.5 Å². The summed E-state index contributed by atoms with van der Waals surface area (Å²) in [6.45, 7) is 0. The van der Waals surface area contributed by atoms with Crippen molar-refractivity contribution >= 4 is 17.3 Å². The van der Waals surface area contributed by atoms with Crippen molar-refractivity contribution in [3.8, 4) is 5.75 Å². The number of hydrogen-bond acceptors (Lipinski definition) is 4. The van der Waals surface area contributed by atoms with Crippen molar-refractivity contribution in [2.24, 2.45) is 10.9 Å². The predicted octanol–water partition coefficient (Wildman–Crippen LogP) is 3.61. The molecule has 3 aliphatic rings. The first-order valence-electron chi connectivity index (χ1n) is 8.69. The lowest BCUT2D eigenvalue weighted by molar-refractivity contribution is -0.122. The Kier molecular flexibility index (Phi) is 3.83. The van der Waals surface area contributed by atoms with Gasteiger partial charge in [0, 0.05) is 35.7 Å². The number of Topliss-reactive ketones (excluding diaryl/α,β-unsaturated/α-hetero) is 2. The first-order chi connectivity index (χ1) is 11.7. The minimum absolute atomic E-state index is 0.165. The van der Waals surface area contributed by atoms with E-state index in [1.165, 1.54) is 0 Å². The predicted molar refractivity (Wildman–Crippen MR) is 91.4 cm³/mol. The summed E-state index contributed by atoms with van der Waals surface area (Å²) in [5.74, 6) is 0.749. The van der Waals surface area contributed by atoms with Crippen LogP contribution in [0.4, 0.5) is 0 Å². The fourth-order valence-electron chi connectivity index (χ4n) is 4.27. The van der Waals surface area contributed by atoms with Crippen molar-refractivity contribution in [2.75, 3.05) is 7.11 Å². The molecule has 2 aliphatic carbocycles. The van der Waals surface area contributed by atoms with Crippen LogP contribution in [0.5, 0.6) is 5.75 Å². The average Bonchev–Trinajstić information content (AvgIpc) is 2.61. The molecule has 0 aromatic heterocycles. The zero-order valence-corrected chi connectivity index (χ0v) is 13.9. The highest BCUT2D eigenvalue weighted by molar-refractivity contribution is 6.12. The molecule has 124 valence electrons. The maximum absolute atomic E-state index is 12.7. The third kappa shape index (κ3) is 2.41. The summed E-state index contributed by atoms with van der Waals surface area (Å²) < 4.78 is 5.24. The summed E-state index contributed by atoms with van der Waals surface area (Å²) in [5, 5.41) is 0. The zero-order valence-electron chi connectivity index (χ0n) is 13.9. The third-order valence-electron chi connectivity index (χ3n) is 5.39. The molecule has 0 amide bonds. The number of allylic oxidation sites excluding steroid dienone is 2. The van der Waals surface area contributed by atoms with Crippen LogP contribution in [0.1, 0.15) is 50.0 Å². The molecule has 1 saturated carbocycles. The van der Waals surface area contributed by atoms with Gasteiger partial charge in [0.15, 0.2) is 5.78 Å². The highest BCUT2D eigenvalue weighted by atomic mass is 16.5. The highest BCUT2D eigenvalue weighted by Crippen LogP contribution is 2.46. The molecule has 1 fully saturated rings. The number of fused-ring (bicyclic) bond motifs is 1. The van der Waals surface area contributed by atoms with E-state index >= 15 is 0 Å². The number of benzene rings is 1. The number of methoxy groups -OCH3 is 1. The van der Waals surface area contributed by atoms with Gasteiger partial charge in [-0.15, -0.1) is 0 Å². The summed E-state index contributed by atoms with van der Waals surface area (Å²) >= 11 is 0. The van der Waals surface area contributed by atoms with Crippen molar-refractivity contribution in [3.63, 3.8) is 0 Å². The van der Waals surface area contributed by atoms with Gasteiger partial charge < -0.3 is 4.74 Å². The van der Waals surface area contributed by atoms with Gasteiger partial charge in [-0.3, -0.25) is 14.6 Å². The first-order valence-corrected chi connectivity index (χ1v) is 8.69. The Balaban J connectivity index is 1.85. The molecule has 0 N–H and O–H groups in total. The summed E-state index contributed by atoms with van der Waals surface area (Å²) in [7, 11) is 1.64. The number of hydrogen-bond donors (Lipinski definition) is 0. The van der Waals surface area contributed by atoms with E-state index in [9.17, 15) is 9.59 Å². The van der Waals surface area contributed by atoms with Crippen LogP contribution in [0.2, 0.25) is 0 Å².